The van der Waals surface area contributed by atoms with Crippen LogP contribution in [0.15, 0.2) is 48.7 Å². The van der Waals surface area contributed by atoms with Crippen molar-refractivity contribution < 1.29 is 28.7 Å². The number of aryl methyl sites for hydroxylation is 1. The minimum Gasteiger partial charge on any atom is -0.453 e. The quantitative estimate of drug-likeness (QED) is 0.0909. The number of hydrogen-bond acceptors (Lipinski definition) is 9. The first kappa shape index (κ1) is 42.3. The number of rotatable bonds is 12. The van der Waals surface area contributed by atoms with Gasteiger partial charge in [-0.25, -0.2) is 19.6 Å². The van der Waals surface area contributed by atoms with E-state index < -0.39 is 18.2 Å². The monoisotopic (exact) mass is 772 g/mol. The molecule has 0 aliphatic carbocycles. The molecule has 2 aromatic heterocycles. The van der Waals surface area contributed by atoms with Crippen LogP contribution in [0.1, 0.15) is 75.8 Å². The molecule has 0 radical (unpaired) electrons. The maximum absolute atomic E-state index is 13.6. The highest BCUT2D eigenvalue weighted by Crippen LogP contribution is 2.31. The number of fused-ring (bicyclic) bond motifs is 1. The molecule has 55 heavy (non-hydrogen) atoms. The molecule has 1 saturated heterocycles. The number of hydrogen-bond donors (Lipinski definition) is 5. The van der Waals surface area contributed by atoms with Crippen LogP contribution < -0.4 is 16.0 Å². The molecular weight excluding hydrogens is 721 g/mol. The van der Waals surface area contributed by atoms with Crippen molar-refractivity contribution in [3.8, 4) is 23.1 Å². The fourth-order valence-electron chi connectivity index (χ4n) is 5.69. The predicted octanol–water partition coefficient (Wildman–Crippen LogP) is 5.56. The number of carbonyl (C=O) groups is 4. The summed E-state index contributed by atoms with van der Waals surface area (Å²) in [5, 5.41) is 7.81. The number of unbranched alkanes of at least 4 members (excludes halogenated alkanes) is 1. The maximum Gasteiger partial charge on any atom is 0.407 e. The highest BCUT2D eigenvalue weighted by Gasteiger charge is 2.36. The third kappa shape index (κ3) is 12.5. The van der Waals surface area contributed by atoms with E-state index in [1.807, 2.05) is 56.3 Å². The van der Waals surface area contributed by atoms with Crippen LogP contribution in [0.3, 0.4) is 0 Å². The van der Waals surface area contributed by atoms with E-state index in [9.17, 15) is 19.2 Å². The van der Waals surface area contributed by atoms with Gasteiger partial charge in [0, 0.05) is 42.1 Å². The molecule has 1 aliphatic heterocycles. The Bertz CT molecular complexity index is 1950. The molecule has 5 N–H and O–H groups in total. The number of imidazole rings is 2. The van der Waals surface area contributed by atoms with Gasteiger partial charge in [-0.05, 0) is 54.7 Å². The number of aromatic amines is 2. The average Bonchev–Trinajstić information content (AvgIpc) is 3.85. The van der Waals surface area contributed by atoms with Gasteiger partial charge in [-0.2, -0.15) is 11.8 Å². The molecule has 14 nitrogen and oxygen atoms in total. The second-order valence-corrected chi connectivity index (χ2v) is 14.4. The zero-order chi connectivity index (χ0) is 39.7. The molecule has 3 heterocycles. The SMILES string of the molecule is CCC.COC(=O)NCC(=O)NCCCCc1nc2ccc(C#Cc3ccc(-c4cnc(C5CSCCN5C(=O)C(NC(=O)OC)C(C)C)[nH]4)cc3)cc2[nH]1. The maximum atomic E-state index is 13.6. The summed E-state index contributed by atoms with van der Waals surface area (Å²) in [5.41, 5.74) is 5.28. The lowest BCUT2D eigenvalue weighted by atomic mass is 10.0. The van der Waals surface area contributed by atoms with Crippen molar-refractivity contribution in [3.63, 3.8) is 0 Å². The number of aromatic nitrogens is 4. The highest BCUT2D eigenvalue weighted by molar-refractivity contribution is 7.99. The molecular formula is C40H52N8O6S. The Hall–Kier alpha value is -5.49. The van der Waals surface area contributed by atoms with E-state index in [0.717, 1.165) is 64.3 Å². The van der Waals surface area contributed by atoms with Gasteiger partial charge >= 0.3 is 12.2 Å². The van der Waals surface area contributed by atoms with Gasteiger partial charge in [-0.15, -0.1) is 0 Å². The predicted molar refractivity (Wildman–Crippen MR) is 214 cm³/mol. The molecule has 5 rings (SSSR count). The molecule has 0 bridgehead atoms. The number of benzene rings is 2. The number of ether oxygens (including phenoxy) is 2. The minimum atomic E-state index is -0.699. The lowest BCUT2D eigenvalue weighted by Crippen LogP contribution is -2.54. The summed E-state index contributed by atoms with van der Waals surface area (Å²) < 4.78 is 9.20. The molecule has 2 unspecified atom stereocenters. The van der Waals surface area contributed by atoms with Crippen LogP contribution >= 0.6 is 11.8 Å². The molecule has 15 heteroatoms. The summed E-state index contributed by atoms with van der Waals surface area (Å²) in [4.78, 5) is 66.3. The first-order chi connectivity index (χ1) is 26.6. The minimum absolute atomic E-state index is 0.113. The number of H-pyrrole nitrogens is 2. The molecule has 4 amide bonds. The Kier molecular flexibility index (Phi) is 16.5. The summed E-state index contributed by atoms with van der Waals surface area (Å²) in [6.07, 6.45) is 4.10. The Morgan fingerprint density at radius 3 is 2.38 bits per heavy atom. The summed E-state index contributed by atoms with van der Waals surface area (Å²) in [5.74, 6) is 9.03. The summed E-state index contributed by atoms with van der Waals surface area (Å²) >= 11 is 1.77. The molecule has 4 aromatic rings. The standard InChI is InChI=1S/C37H44N8O6S.C3H8/c1-23(2)33(44-37(49)51-4)35(47)45-17-18-52-22-30(45)34-39-20-29(43-34)26-13-10-24(11-14-26)8-9-25-12-15-27-28(19-25)42-31(41-27)7-5-6-16-38-32(46)21-40-36(48)50-3;1-3-2/h10-15,19-20,23,30,33H,5-7,16-18,21-22H2,1-4H3,(H,38,46)(H,39,43)(H,40,48)(H,41,42)(H,44,49);3H2,1-2H3. The van der Waals surface area contributed by atoms with Crippen molar-refractivity contribution >= 4 is 46.8 Å². The first-order valence-corrected chi connectivity index (χ1v) is 19.7. The van der Waals surface area contributed by atoms with Crippen molar-refractivity contribution in [3.05, 3.63) is 71.4 Å². The van der Waals surface area contributed by atoms with Gasteiger partial charge in [0.25, 0.3) is 0 Å². The third-order valence-electron chi connectivity index (χ3n) is 8.53. The fraction of sp³-hybridized carbons (Fsp3) is 0.450. The number of amides is 4. The average molecular weight is 773 g/mol. The summed E-state index contributed by atoms with van der Waals surface area (Å²) in [6.45, 7) is 8.98. The van der Waals surface area contributed by atoms with Crippen molar-refractivity contribution in [2.24, 2.45) is 5.92 Å². The van der Waals surface area contributed by atoms with Gasteiger partial charge < -0.3 is 40.3 Å². The Balaban J connectivity index is 0.00000217. The summed E-state index contributed by atoms with van der Waals surface area (Å²) in [6, 6.07) is 12.8. The molecule has 0 spiro atoms. The van der Waals surface area contributed by atoms with E-state index in [2.05, 4.69) is 66.3 Å². The van der Waals surface area contributed by atoms with Crippen LogP contribution in [0.5, 0.6) is 0 Å². The highest BCUT2D eigenvalue weighted by atomic mass is 32.2. The summed E-state index contributed by atoms with van der Waals surface area (Å²) in [7, 11) is 2.53. The number of nitrogens with zero attached hydrogens (tertiary/aromatic N) is 3. The van der Waals surface area contributed by atoms with E-state index in [1.54, 1.807) is 22.9 Å². The lowest BCUT2D eigenvalue weighted by Gasteiger charge is -2.37. The van der Waals surface area contributed by atoms with E-state index in [1.165, 1.54) is 20.6 Å². The van der Waals surface area contributed by atoms with Crippen molar-refractivity contribution in [2.45, 2.75) is 65.5 Å². The first-order valence-electron chi connectivity index (χ1n) is 18.5. The molecule has 294 valence electrons. The Morgan fingerprint density at radius 1 is 0.964 bits per heavy atom. The van der Waals surface area contributed by atoms with Gasteiger partial charge in [-0.3, -0.25) is 9.59 Å². The van der Waals surface area contributed by atoms with Crippen molar-refractivity contribution in [2.75, 3.05) is 45.4 Å². The second-order valence-electron chi connectivity index (χ2n) is 13.3. The van der Waals surface area contributed by atoms with Crippen LogP contribution in [0.2, 0.25) is 0 Å². The number of carbonyl (C=O) groups excluding carboxylic acids is 4. The van der Waals surface area contributed by atoms with Crippen LogP contribution in [-0.2, 0) is 25.5 Å². The zero-order valence-corrected chi connectivity index (χ0v) is 33.2. The molecule has 1 aliphatic rings. The van der Waals surface area contributed by atoms with E-state index in [4.69, 9.17) is 4.74 Å². The topological polar surface area (TPSA) is 183 Å². The number of methoxy groups -OCH3 is 2. The van der Waals surface area contributed by atoms with Gasteiger partial charge in [0.2, 0.25) is 11.8 Å². The molecule has 0 saturated carbocycles. The molecule has 2 atom stereocenters. The normalized spacial score (nSPS) is 14.2. The number of alkyl carbamates (subject to hydrolysis) is 2. The van der Waals surface area contributed by atoms with Crippen molar-refractivity contribution in [1.82, 2.24) is 40.8 Å². The van der Waals surface area contributed by atoms with Crippen LogP contribution in [0, 0.1) is 17.8 Å². The van der Waals surface area contributed by atoms with Gasteiger partial charge in [0.05, 0.1) is 49.7 Å². The largest absolute Gasteiger partial charge is 0.453 e. The number of nitrogens with one attached hydrogen (secondary N) is 5. The van der Waals surface area contributed by atoms with E-state index in [-0.39, 0.29) is 30.3 Å². The Labute approximate surface area is 326 Å². The molecule has 1 fully saturated rings. The van der Waals surface area contributed by atoms with Gasteiger partial charge in [-0.1, -0.05) is 58.1 Å². The Morgan fingerprint density at radius 2 is 1.67 bits per heavy atom. The van der Waals surface area contributed by atoms with E-state index >= 15 is 0 Å². The molecule has 2 aromatic carbocycles. The van der Waals surface area contributed by atoms with Gasteiger partial charge in [0.1, 0.15) is 17.7 Å². The van der Waals surface area contributed by atoms with E-state index in [0.29, 0.717) is 24.7 Å². The van der Waals surface area contributed by atoms with Gasteiger partial charge in [0.15, 0.2) is 0 Å². The van der Waals surface area contributed by atoms with Crippen LogP contribution in [0.4, 0.5) is 9.59 Å². The van der Waals surface area contributed by atoms with Crippen LogP contribution in [-0.4, -0.2) is 100 Å². The fourth-order valence-corrected chi connectivity index (χ4v) is 6.75. The third-order valence-corrected chi connectivity index (χ3v) is 9.56. The second kappa shape index (κ2) is 21.4. The zero-order valence-electron chi connectivity index (χ0n) is 32.4. The smallest absolute Gasteiger partial charge is 0.407 e. The van der Waals surface area contributed by atoms with Crippen LogP contribution in [0.25, 0.3) is 22.3 Å². The van der Waals surface area contributed by atoms with Crippen molar-refractivity contribution in [1.29, 1.82) is 0 Å². The lowest BCUT2D eigenvalue weighted by molar-refractivity contribution is -0.136. The number of thioether (sulfide) groups is 1.